The third kappa shape index (κ3) is 5.59. The second kappa shape index (κ2) is 13.0. The summed E-state index contributed by atoms with van der Waals surface area (Å²) in [5.41, 5.74) is 2.79. The van der Waals surface area contributed by atoms with Crippen molar-refractivity contribution in [3.05, 3.63) is 65.2 Å². The van der Waals surface area contributed by atoms with Gasteiger partial charge in [-0.3, -0.25) is 19.3 Å². The average molecular weight is 573 g/mol. The molecule has 4 aliphatic heterocycles. The topological polar surface area (TPSA) is 73.4 Å². The van der Waals surface area contributed by atoms with E-state index in [1.54, 1.807) is 12.0 Å². The number of benzene rings is 2. The highest BCUT2D eigenvalue weighted by Crippen LogP contribution is 2.45. The van der Waals surface area contributed by atoms with Crippen molar-refractivity contribution >= 4 is 23.4 Å². The lowest BCUT2D eigenvalue weighted by Gasteiger charge is -2.45. The Bertz CT molecular complexity index is 1300. The number of rotatable bonds is 11. The van der Waals surface area contributed by atoms with Gasteiger partial charge in [0.05, 0.1) is 17.9 Å². The van der Waals surface area contributed by atoms with Crippen LogP contribution in [-0.2, 0) is 9.53 Å². The van der Waals surface area contributed by atoms with Gasteiger partial charge in [0.2, 0.25) is 5.91 Å². The molecule has 0 unspecified atom stereocenters. The van der Waals surface area contributed by atoms with Gasteiger partial charge in [-0.15, -0.1) is 0 Å². The number of amides is 3. The fraction of sp³-hybridized carbons (Fsp3) is 0.559. The highest BCUT2D eigenvalue weighted by atomic mass is 16.5. The van der Waals surface area contributed by atoms with E-state index in [0.29, 0.717) is 54.9 Å². The predicted molar refractivity (Wildman–Crippen MR) is 162 cm³/mol. The third-order valence-corrected chi connectivity index (χ3v) is 9.77. The first-order chi connectivity index (χ1) is 20.6. The third-order valence-electron chi connectivity index (χ3n) is 9.77. The molecule has 8 nitrogen and oxygen atoms in total. The van der Waals surface area contributed by atoms with E-state index in [-0.39, 0.29) is 17.7 Å². The Morgan fingerprint density at radius 1 is 0.905 bits per heavy atom. The molecule has 2 aromatic rings. The van der Waals surface area contributed by atoms with Gasteiger partial charge in [0.15, 0.2) is 0 Å². The molecule has 224 valence electrons. The molecule has 3 amide bonds. The predicted octanol–water partition coefficient (Wildman–Crippen LogP) is 5.10. The summed E-state index contributed by atoms with van der Waals surface area (Å²) in [5, 5.41) is 0. The van der Waals surface area contributed by atoms with E-state index in [2.05, 4.69) is 9.80 Å². The van der Waals surface area contributed by atoms with Crippen LogP contribution in [0.15, 0.2) is 48.5 Å². The van der Waals surface area contributed by atoms with E-state index in [9.17, 15) is 14.4 Å². The minimum Gasteiger partial charge on any atom is -0.383 e. The molecule has 0 aliphatic carbocycles. The van der Waals surface area contributed by atoms with Crippen LogP contribution in [-0.4, -0.2) is 84.9 Å². The van der Waals surface area contributed by atoms with Crippen molar-refractivity contribution in [2.75, 3.05) is 51.3 Å². The van der Waals surface area contributed by atoms with E-state index in [1.807, 2.05) is 53.4 Å². The number of hydrogen-bond donors (Lipinski definition) is 0. The van der Waals surface area contributed by atoms with Gasteiger partial charge < -0.3 is 19.4 Å². The molecule has 0 spiro atoms. The van der Waals surface area contributed by atoms with Crippen molar-refractivity contribution in [1.29, 1.82) is 0 Å². The lowest BCUT2D eigenvalue weighted by Crippen LogP contribution is -2.52. The zero-order valence-electron chi connectivity index (χ0n) is 24.9. The van der Waals surface area contributed by atoms with Crippen molar-refractivity contribution in [1.82, 2.24) is 14.7 Å². The molecule has 0 saturated carbocycles. The molecule has 0 bridgehead atoms. The number of para-hydroxylation sites is 1. The second-order valence-electron chi connectivity index (χ2n) is 12.3. The first-order valence-corrected chi connectivity index (χ1v) is 15.9. The summed E-state index contributed by atoms with van der Waals surface area (Å²) in [6.45, 7) is 4.98. The smallest absolute Gasteiger partial charge is 0.260 e. The number of piperidine rings is 2. The zero-order chi connectivity index (χ0) is 29.1. The van der Waals surface area contributed by atoms with Gasteiger partial charge in [-0.05, 0) is 75.7 Å². The minimum atomic E-state index is -0.419. The molecule has 42 heavy (non-hydrogen) atoms. The van der Waals surface area contributed by atoms with Gasteiger partial charge in [0.25, 0.3) is 11.8 Å². The summed E-state index contributed by atoms with van der Waals surface area (Å²) < 4.78 is 5.36. The SMILES string of the molecule is COCCN(C[C@@H]1CCCN2CCCC[C@H]12)C(=O)CCCCCN1C(=O)c2ccccc2N2C(=O)c3ccccc3[C@@H]12. The summed E-state index contributed by atoms with van der Waals surface area (Å²) in [5.74, 6) is 0.663. The lowest BCUT2D eigenvalue weighted by molar-refractivity contribution is -0.133. The maximum Gasteiger partial charge on any atom is 0.260 e. The van der Waals surface area contributed by atoms with Crippen LogP contribution in [0.4, 0.5) is 5.69 Å². The highest BCUT2D eigenvalue weighted by molar-refractivity contribution is 6.16. The molecule has 0 radical (unpaired) electrons. The summed E-state index contributed by atoms with van der Waals surface area (Å²) in [6, 6.07) is 15.6. The van der Waals surface area contributed by atoms with Crippen LogP contribution in [0.1, 0.15) is 90.2 Å². The van der Waals surface area contributed by atoms with E-state index in [0.717, 1.165) is 31.4 Å². The van der Waals surface area contributed by atoms with E-state index < -0.39 is 6.17 Å². The summed E-state index contributed by atoms with van der Waals surface area (Å²) in [7, 11) is 1.70. The van der Waals surface area contributed by atoms with Gasteiger partial charge in [-0.1, -0.05) is 43.2 Å². The molecule has 6 rings (SSSR count). The van der Waals surface area contributed by atoms with Crippen LogP contribution < -0.4 is 4.90 Å². The van der Waals surface area contributed by atoms with E-state index in [4.69, 9.17) is 4.74 Å². The number of nitrogens with zero attached hydrogens (tertiary/aromatic N) is 4. The maximum absolute atomic E-state index is 13.6. The van der Waals surface area contributed by atoms with Crippen molar-refractivity contribution in [3.63, 3.8) is 0 Å². The Hall–Kier alpha value is -3.23. The Kier molecular flexibility index (Phi) is 8.91. The van der Waals surface area contributed by atoms with Crippen LogP contribution in [0.2, 0.25) is 0 Å². The quantitative estimate of drug-likeness (QED) is 0.350. The molecule has 8 heteroatoms. The standard InChI is InChI=1S/C34H44N4O4/c1-42-23-22-36(24-25-12-11-20-35-19-10-8-16-29(25)35)31(39)18-3-2-9-21-37-32-26-13-4-5-14-27(26)34(41)38(32)30-17-7-6-15-28(30)33(37)40/h4-7,13-15,17,25,29,32H,2-3,8-12,16,18-24H2,1H3/t25-,29+,32-/m0/s1. The van der Waals surface area contributed by atoms with Gasteiger partial charge in [-0.25, -0.2) is 0 Å². The lowest BCUT2D eigenvalue weighted by atomic mass is 9.83. The monoisotopic (exact) mass is 572 g/mol. The van der Waals surface area contributed by atoms with Crippen LogP contribution in [0.25, 0.3) is 0 Å². The molecule has 2 aromatic carbocycles. The number of methoxy groups -OCH3 is 1. The van der Waals surface area contributed by atoms with Crippen LogP contribution in [0.3, 0.4) is 0 Å². The van der Waals surface area contributed by atoms with Crippen molar-refractivity contribution in [2.45, 2.75) is 70.0 Å². The number of hydrogen-bond acceptors (Lipinski definition) is 5. The zero-order valence-corrected chi connectivity index (χ0v) is 24.9. The number of anilines is 1. The number of fused-ring (bicyclic) bond motifs is 6. The van der Waals surface area contributed by atoms with E-state index in [1.165, 1.54) is 45.2 Å². The molecular weight excluding hydrogens is 528 g/mol. The fourth-order valence-electron chi connectivity index (χ4n) is 7.69. The van der Waals surface area contributed by atoms with Crippen LogP contribution >= 0.6 is 0 Å². The van der Waals surface area contributed by atoms with Crippen LogP contribution in [0, 0.1) is 5.92 Å². The Morgan fingerprint density at radius 3 is 2.55 bits per heavy atom. The normalized spacial score (nSPS) is 23.3. The van der Waals surface area contributed by atoms with E-state index >= 15 is 0 Å². The fourth-order valence-corrected chi connectivity index (χ4v) is 7.69. The highest BCUT2D eigenvalue weighted by Gasteiger charge is 2.47. The molecule has 2 saturated heterocycles. The minimum absolute atomic E-state index is 0.0394. The Balaban J connectivity index is 1.06. The summed E-state index contributed by atoms with van der Waals surface area (Å²) in [4.78, 5) is 48.8. The molecule has 4 heterocycles. The molecule has 4 aliphatic rings. The number of ether oxygens (including phenoxy) is 1. The van der Waals surface area contributed by atoms with Crippen LogP contribution in [0.5, 0.6) is 0 Å². The van der Waals surface area contributed by atoms with Crippen molar-refractivity contribution < 1.29 is 19.1 Å². The summed E-state index contributed by atoms with van der Waals surface area (Å²) >= 11 is 0. The average Bonchev–Trinajstić information content (AvgIpc) is 3.32. The molecule has 2 fully saturated rings. The number of unbranched alkanes of at least 4 members (excludes halogenated alkanes) is 2. The van der Waals surface area contributed by atoms with Gasteiger partial charge >= 0.3 is 0 Å². The maximum atomic E-state index is 13.6. The van der Waals surface area contributed by atoms with Crippen molar-refractivity contribution in [2.24, 2.45) is 5.92 Å². The van der Waals surface area contributed by atoms with Gasteiger partial charge in [0, 0.05) is 50.3 Å². The summed E-state index contributed by atoms with van der Waals surface area (Å²) in [6.07, 6.45) is 8.78. The first-order valence-electron chi connectivity index (χ1n) is 15.9. The molecule has 0 aromatic heterocycles. The van der Waals surface area contributed by atoms with Crippen molar-refractivity contribution in [3.8, 4) is 0 Å². The Morgan fingerprint density at radius 2 is 1.69 bits per heavy atom. The number of carbonyl (C=O) groups is 3. The first kappa shape index (κ1) is 28.9. The second-order valence-corrected chi connectivity index (χ2v) is 12.3. The largest absolute Gasteiger partial charge is 0.383 e. The molecule has 0 N–H and O–H groups in total. The van der Waals surface area contributed by atoms with Gasteiger partial charge in [0.1, 0.15) is 6.17 Å². The van der Waals surface area contributed by atoms with Gasteiger partial charge in [-0.2, -0.15) is 0 Å². The molecule has 3 atom stereocenters. The molecular formula is C34H44N4O4. The Labute approximate surface area is 249 Å². The number of carbonyl (C=O) groups excluding carboxylic acids is 3.